The molecule has 5 unspecified atom stereocenters. The largest absolute Gasteiger partial charge is 0.459 e. The van der Waals surface area contributed by atoms with Gasteiger partial charge in [-0.1, -0.05) is 51.4 Å². The van der Waals surface area contributed by atoms with Gasteiger partial charge in [-0.3, -0.25) is 9.59 Å². The van der Waals surface area contributed by atoms with Crippen LogP contribution in [0.4, 0.5) is 0 Å². The zero-order valence-corrected chi connectivity index (χ0v) is 24.9. The normalized spacial score (nSPS) is 34.8. The molecular formula is C29H54N2O7. The number of allylic oxidation sites excluding steroid dienone is 2. The Hall–Kier alpha value is -1.81. The van der Waals surface area contributed by atoms with Gasteiger partial charge in [0.05, 0.1) is 17.9 Å². The second-order valence-corrected chi connectivity index (χ2v) is 10.4. The third-order valence-corrected chi connectivity index (χ3v) is 7.37. The molecule has 2 saturated heterocycles. The molecule has 0 aromatic rings. The highest BCUT2D eigenvalue weighted by Crippen LogP contribution is 2.27. The van der Waals surface area contributed by atoms with E-state index >= 15 is 0 Å². The second-order valence-electron chi connectivity index (χ2n) is 10.4. The molecule has 9 nitrogen and oxygen atoms in total. The molecule has 0 aromatic carbocycles. The van der Waals surface area contributed by atoms with Crippen LogP contribution in [-0.2, 0) is 19.1 Å². The van der Waals surface area contributed by atoms with Gasteiger partial charge in [0.1, 0.15) is 23.9 Å². The quantitative estimate of drug-likeness (QED) is 0.134. The van der Waals surface area contributed by atoms with E-state index in [-0.39, 0.29) is 24.2 Å². The van der Waals surface area contributed by atoms with Gasteiger partial charge in [0, 0.05) is 24.9 Å². The van der Waals surface area contributed by atoms with E-state index in [0.29, 0.717) is 18.6 Å². The number of ether oxygens (including phenoxy) is 2. The minimum atomic E-state index is -1.38. The Morgan fingerprint density at radius 3 is 1.92 bits per heavy atom. The highest BCUT2D eigenvalue weighted by molar-refractivity contribution is 5.99. The molecule has 38 heavy (non-hydrogen) atoms. The van der Waals surface area contributed by atoms with Crippen molar-refractivity contribution in [3.63, 3.8) is 0 Å². The first kappa shape index (κ1) is 36.2. The first-order valence-corrected chi connectivity index (χ1v) is 14.1. The number of oxime groups is 1. The molecule has 2 aliphatic rings. The lowest BCUT2D eigenvalue weighted by molar-refractivity contribution is -0.167. The molecule has 0 spiro atoms. The van der Waals surface area contributed by atoms with Crippen LogP contribution in [0.1, 0.15) is 87.0 Å². The smallest absolute Gasteiger partial charge is 0.316 e. The molecule has 2 fully saturated rings. The summed E-state index contributed by atoms with van der Waals surface area (Å²) in [6.07, 6.45) is 5.40. The van der Waals surface area contributed by atoms with Crippen LogP contribution >= 0.6 is 0 Å². The lowest BCUT2D eigenvalue weighted by Gasteiger charge is -2.33. The van der Waals surface area contributed by atoms with E-state index in [1.807, 2.05) is 32.9 Å². The third kappa shape index (κ3) is 12.4. The fraction of sp³-hybridized carbons (Fsp3) is 0.828. The van der Waals surface area contributed by atoms with Gasteiger partial charge in [0.25, 0.3) is 0 Å². The number of Topliss-reactive ketones (excluding diaryl/α,β-unsaturated/α-hetero) is 1. The summed E-state index contributed by atoms with van der Waals surface area (Å²) in [4.78, 5) is 25.1. The lowest BCUT2D eigenvalue weighted by atomic mass is 9.82. The molecule has 2 rings (SSSR count). The Kier molecular flexibility index (Phi) is 19.2. The predicted molar refractivity (Wildman–Crippen MR) is 150 cm³/mol. The number of esters is 1. The van der Waals surface area contributed by atoms with Gasteiger partial charge in [-0.25, -0.2) is 0 Å². The van der Waals surface area contributed by atoms with Gasteiger partial charge in [-0.2, -0.15) is 0 Å². The van der Waals surface area contributed by atoms with Crippen LogP contribution in [-0.4, -0.2) is 77.5 Å². The lowest BCUT2D eigenvalue weighted by Crippen LogP contribution is -2.47. The van der Waals surface area contributed by atoms with Crippen molar-refractivity contribution < 1.29 is 34.5 Å². The van der Waals surface area contributed by atoms with Crippen LogP contribution < -0.4 is 5.32 Å². The number of ketones is 1. The molecule has 0 aliphatic carbocycles. The van der Waals surface area contributed by atoms with Crippen molar-refractivity contribution >= 4 is 17.5 Å². The van der Waals surface area contributed by atoms with Crippen molar-refractivity contribution in [2.75, 3.05) is 20.2 Å². The summed E-state index contributed by atoms with van der Waals surface area (Å²) < 4.78 is 10.8. The van der Waals surface area contributed by atoms with Crippen LogP contribution in [0.3, 0.4) is 0 Å². The fourth-order valence-corrected chi connectivity index (χ4v) is 4.63. The third-order valence-electron chi connectivity index (χ3n) is 7.37. The Morgan fingerprint density at radius 1 is 0.974 bits per heavy atom. The number of aliphatic hydroxyl groups is 2. The van der Waals surface area contributed by atoms with Crippen LogP contribution in [0.25, 0.3) is 0 Å². The van der Waals surface area contributed by atoms with E-state index in [1.165, 1.54) is 39.3 Å². The number of rotatable bonds is 2. The number of hydrogen-bond acceptors (Lipinski definition) is 9. The number of nitrogens with one attached hydrogen (secondary N) is 1. The maximum atomic E-state index is 12.6. The molecule has 4 N–H and O–H groups in total. The van der Waals surface area contributed by atoms with Gasteiger partial charge < -0.3 is 30.2 Å². The molecule has 0 saturated carbocycles. The van der Waals surface area contributed by atoms with Crippen molar-refractivity contribution in [1.82, 2.24) is 5.32 Å². The summed E-state index contributed by atoms with van der Waals surface area (Å²) in [6.45, 7) is 14.9. The van der Waals surface area contributed by atoms with Crippen molar-refractivity contribution in [3.05, 3.63) is 12.2 Å². The minimum absolute atomic E-state index is 0.253. The summed E-state index contributed by atoms with van der Waals surface area (Å²) in [6, 6.07) is 0. The molecule has 222 valence electrons. The summed E-state index contributed by atoms with van der Waals surface area (Å²) in [5.41, 5.74) is 0.319. The average molecular weight is 543 g/mol. The standard InChI is InChI=1S/C20H35NO7.C5H11N.C4H8/c1-7-15-19(24)18(23)12(4)16(21-26)10(2)8-14(27-6)9-11(3)17(22)13(5)20(25)28-15;1-2-4-6-5-3-1;1-3-4-2/h10-15,18-19,23-24,26H,7-9H2,1-6H3;6H,1-5H2;3-4H,1-2H3/b21-16+;;/t10-,11-,12?,13?,14?,15-,18?,19?;;/m1../s1. The highest BCUT2D eigenvalue weighted by atomic mass is 16.6. The van der Waals surface area contributed by atoms with E-state index in [2.05, 4.69) is 10.5 Å². The maximum Gasteiger partial charge on any atom is 0.316 e. The number of methoxy groups -OCH3 is 1. The molecule has 0 amide bonds. The number of hydrogen-bond donors (Lipinski definition) is 4. The molecule has 0 bridgehead atoms. The monoisotopic (exact) mass is 542 g/mol. The van der Waals surface area contributed by atoms with Crippen LogP contribution in [0.15, 0.2) is 17.3 Å². The average Bonchev–Trinajstić information content (AvgIpc) is 2.94. The molecule has 2 heterocycles. The number of cyclic esters (lactones) is 1. The summed E-state index contributed by atoms with van der Waals surface area (Å²) in [5.74, 6) is -3.30. The summed E-state index contributed by atoms with van der Waals surface area (Å²) >= 11 is 0. The number of nitrogens with zero attached hydrogens (tertiary/aromatic N) is 1. The SMILES string of the molecule is C1CCNCC1.CC=CC.CC[C@H]1OC(=O)C(C)C(=O)[C@H](C)CC(OC)C[C@@H](C)/C(=N\O)C(C)C(O)C1O. The van der Waals surface area contributed by atoms with Gasteiger partial charge in [0.2, 0.25) is 0 Å². The Labute approximate surface area is 230 Å². The first-order valence-electron chi connectivity index (χ1n) is 14.1. The zero-order valence-electron chi connectivity index (χ0n) is 24.9. The second kappa shape index (κ2) is 20.1. The Bertz CT molecular complexity index is 708. The van der Waals surface area contributed by atoms with Crippen LogP contribution in [0, 0.1) is 23.7 Å². The van der Waals surface area contributed by atoms with E-state index in [9.17, 15) is 25.0 Å². The van der Waals surface area contributed by atoms with Gasteiger partial charge in [-0.15, -0.1) is 0 Å². The van der Waals surface area contributed by atoms with Crippen molar-refractivity contribution in [3.8, 4) is 0 Å². The van der Waals surface area contributed by atoms with E-state index in [1.54, 1.807) is 27.9 Å². The van der Waals surface area contributed by atoms with Crippen molar-refractivity contribution in [1.29, 1.82) is 0 Å². The molecule has 2 aliphatic heterocycles. The van der Waals surface area contributed by atoms with Gasteiger partial charge >= 0.3 is 5.97 Å². The molecule has 0 aromatic heterocycles. The van der Waals surface area contributed by atoms with Crippen molar-refractivity contribution in [2.24, 2.45) is 28.8 Å². The summed E-state index contributed by atoms with van der Waals surface area (Å²) in [7, 11) is 1.54. The van der Waals surface area contributed by atoms with Crippen LogP contribution in [0.2, 0.25) is 0 Å². The molecular weight excluding hydrogens is 488 g/mol. The molecule has 0 radical (unpaired) electrons. The first-order chi connectivity index (χ1) is 18.0. The highest BCUT2D eigenvalue weighted by Gasteiger charge is 2.38. The fourth-order valence-electron chi connectivity index (χ4n) is 4.63. The maximum absolute atomic E-state index is 12.6. The zero-order chi connectivity index (χ0) is 29.3. The Balaban J connectivity index is 0.00000114. The minimum Gasteiger partial charge on any atom is -0.459 e. The topological polar surface area (TPSA) is 138 Å². The number of aliphatic hydroxyl groups excluding tert-OH is 2. The van der Waals surface area contributed by atoms with Crippen LogP contribution in [0.5, 0.6) is 0 Å². The van der Waals surface area contributed by atoms with E-state index in [0.717, 1.165) is 0 Å². The number of piperidine rings is 1. The van der Waals surface area contributed by atoms with Gasteiger partial charge in [-0.05, 0) is 66.0 Å². The van der Waals surface area contributed by atoms with E-state index in [4.69, 9.17) is 9.47 Å². The molecule has 8 atom stereocenters. The summed E-state index contributed by atoms with van der Waals surface area (Å²) in [5, 5.41) is 37.3. The van der Waals surface area contributed by atoms with E-state index < -0.39 is 42.0 Å². The van der Waals surface area contributed by atoms with Crippen molar-refractivity contribution in [2.45, 2.75) is 111 Å². The number of carbonyl (C=O) groups excluding carboxylic acids is 2. The predicted octanol–water partition coefficient (Wildman–Crippen LogP) is 4.12. The molecule has 9 heteroatoms. The number of carbonyl (C=O) groups is 2. The van der Waals surface area contributed by atoms with Gasteiger partial charge in [0.15, 0.2) is 0 Å². The Morgan fingerprint density at radius 2 is 1.53 bits per heavy atom.